The second-order valence-electron chi connectivity index (χ2n) is 5.99. The predicted octanol–water partition coefficient (Wildman–Crippen LogP) is 3.74. The van der Waals surface area contributed by atoms with E-state index in [1.807, 2.05) is 5.38 Å². The summed E-state index contributed by atoms with van der Waals surface area (Å²) in [5, 5.41) is 4.78. The Kier molecular flexibility index (Phi) is 5.85. The van der Waals surface area contributed by atoms with Crippen LogP contribution in [0.4, 0.5) is 9.39 Å². The summed E-state index contributed by atoms with van der Waals surface area (Å²) in [5.41, 5.74) is 0.986. The van der Waals surface area contributed by atoms with Crippen LogP contribution in [-0.2, 0) is 14.3 Å². The molecule has 0 atom stereocenters. The van der Waals surface area contributed by atoms with E-state index in [2.05, 4.69) is 5.32 Å². The molecule has 6 nitrogen and oxygen atoms in total. The zero-order valence-corrected chi connectivity index (χ0v) is 15.4. The van der Waals surface area contributed by atoms with E-state index >= 15 is 0 Å². The number of carbonyl (C=O) groups is 3. The summed E-state index contributed by atoms with van der Waals surface area (Å²) in [6.45, 7) is 1.35. The van der Waals surface area contributed by atoms with Gasteiger partial charge in [-0.15, -0.1) is 11.3 Å². The molecule has 2 aromatic rings. The molecule has 1 heterocycles. The average Bonchev–Trinajstić information content (AvgIpc) is 3.41. The maximum Gasteiger partial charge on any atom is 0.341 e. The van der Waals surface area contributed by atoms with Crippen molar-refractivity contribution in [2.75, 3.05) is 18.5 Å². The molecular formula is C19H18FNO5S. The molecule has 1 saturated carbocycles. The van der Waals surface area contributed by atoms with Crippen LogP contribution in [0.2, 0.25) is 0 Å². The van der Waals surface area contributed by atoms with E-state index in [4.69, 9.17) is 9.47 Å². The van der Waals surface area contributed by atoms with Crippen LogP contribution in [0.25, 0.3) is 0 Å². The third-order valence-electron chi connectivity index (χ3n) is 4.00. The maximum absolute atomic E-state index is 13.6. The highest BCUT2D eigenvalue weighted by atomic mass is 32.1. The number of hydrogen-bond donors (Lipinski definition) is 1. The average molecular weight is 391 g/mol. The fraction of sp³-hybridized carbons (Fsp3) is 0.316. The molecule has 0 radical (unpaired) electrons. The minimum absolute atomic E-state index is 0.229. The van der Waals surface area contributed by atoms with Crippen LogP contribution >= 0.6 is 11.3 Å². The molecular weight excluding hydrogens is 373 g/mol. The molecule has 27 heavy (non-hydrogen) atoms. The fourth-order valence-electron chi connectivity index (χ4n) is 2.57. The Morgan fingerprint density at radius 3 is 2.59 bits per heavy atom. The fourth-order valence-corrected chi connectivity index (χ4v) is 3.62. The maximum atomic E-state index is 13.6. The number of nitrogens with one attached hydrogen (secondary N) is 1. The lowest BCUT2D eigenvalue weighted by atomic mass is 10.1. The van der Waals surface area contributed by atoms with Crippen LogP contribution in [0.3, 0.4) is 0 Å². The van der Waals surface area contributed by atoms with Crippen molar-refractivity contribution >= 4 is 34.2 Å². The lowest BCUT2D eigenvalue weighted by Gasteiger charge is -2.09. The normalized spacial score (nSPS) is 13.1. The Balaban J connectivity index is 1.65. The molecule has 0 bridgehead atoms. The van der Waals surface area contributed by atoms with Gasteiger partial charge in [-0.2, -0.15) is 0 Å². The number of rotatable bonds is 7. The Morgan fingerprint density at radius 2 is 1.93 bits per heavy atom. The first kappa shape index (κ1) is 19.0. The van der Waals surface area contributed by atoms with Gasteiger partial charge in [0.25, 0.3) is 5.91 Å². The van der Waals surface area contributed by atoms with Gasteiger partial charge in [-0.25, -0.2) is 14.0 Å². The van der Waals surface area contributed by atoms with E-state index in [1.54, 1.807) is 6.92 Å². The third-order valence-corrected chi connectivity index (χ3v) is 4.91. The third kappa shape index (κ3) is 4.51. The number of amides is 1. The monoisotopic (exact) mass is 391 g/mol. The van der Waals surface area contributed by atoms with E-state index in [-0.39, 0.29) is 12.2 Å². The van der Waals surface area contributed by atoms with Crippen LogP contribution in [0.15, 0.2) is 29.6 Å². The van der Waals surface area contributed by atoms with Crippen LogP contribution in [0.5, 0.6) is 0 Å². The van der Waals surface area contributed by atoms with Crippen LogP contribution in [-0.4, -0.2) is 31.1 Å². The molecule has 1 amide bonds. The molecule has 1 aliphatic rings. The molecule has 0 saturated heterocycles. The number of hydrogen-bond acceptors (Lipinski definition) is 6. The molecule has 0 spiro atoms. The van der Waals surface area contributed by atoms with E-state index in [0.29, 0.717) is 16.5 Å². The number of carbonyl (C=O) groups excluding carboxylic acids is 3. The first-order valence-electron chi connectivity index (χ1n) is 8.51. The summed E-state index contributed by atoms with van der Waals surface area (Å²) in [7, 11) is 0. The minimum atomic E-state index is -0.932. The van der Waals surface area contributed by atoms with Crippen molar-refractivity contribution in [3.8, 4) is 0 Å². The van der Waals surface area contributed by atoms with Gasteiger partial charge in [-0.3, -0.25) is 4.79 Å². The molecule has 1 aromatic carbocycles. The van der Waals surface area contributed by atoms with Gasteiger partial charge in [0.15, 0.2) is 6.61 Å². The highest BCUT2D eigenvalue weighted by Gasteiger charge is 2.32. The molecule has 8 heteroatoms. The van der Waals surface area contributed by atoms with Gasteiger partial charge in [0.2, 0.25) is 0 Å². The molecule has 3 rings (SSSR count). The zero-order chi connectivity index (χ0) is 19.4. The summed E-state index contributed by atoms with van der Waals surface area (Å²) < 4.78 is 23.5. The number of thiophene rings is 1. The van der Waals surface area contributed by atoms with Crippen molar-refractivity contribution in [3.05, 3.63) is 52.2 Å². The van der Waals surface area contributed by atoms with Gasteiger partial charge >= 0.3 is 11.9 Å². The first-order chi connectivity index (χ1) is 13.0. The van der Waals surface area contributed by atoms with Gasteiger partial charge in [-0.1, -0.05) is 12.1 Å². The summed E-state index contributed by atoms with van der Waals surface area (Å²) >= 11 is 1.23. The van der Waals surface area contributed by atoms with Gasteiger partial charge in [0.1, 0.15) is 10.8 Å². The molecule has 0 aliphatic heterocycles. The van der Waals surface area contributed by atoms with E-state index in [1.165, 1.54) is 29.5 Å². The van der Waals surface area contributed by atoms with Crippen LogP contribution in [0.1, 0.15) is 52.0 Å². The van der Waals surface area contributed by atoms with Crippen LogP contribution in [0, 0.1) is 5.82 Å². The topological polar surface area (TPSA) is 81.7 Å². The predicted molar refractivity (Wildman–Crippen MR) is 97.6 cm³/mol. The van der Waals surface area contributed by atoms with E-state index in [0.717, 1.165) is 24.5 Å². The molecule has 1 fully saturated rings. The highest BCUT2D eigenvalue weighted by molar-refractivity contribution is 7.15. The highest BCUT2D eigenvalue weighted by Crippen LogP contribution is 2.46. The van der Waals surface area contributed by atoms with Crippen molar-refractivity contribution in [1.29, 1.82) is 0 Å². The quantitative estimate of drug-likeness (QED) is 0.727. The van der Waals surface area contributed by atoms with Gasteiger partial charge in [0, 0.05) is 0 Å². The van der Waals surface area contributed by atoms with Crippen molar-refractivity contribution in [2.24, 2.45) is 0 Å². The molecule has 1 aromatic heterocycles. The molecule has 142 valence electrons. The summed E-state index contributed by atoms with van der Waals surface area (Å²) in [6, 6.07) is 5.35. The van der Waals surface area contributed by atoms with Gasteiger partial charge in [-0.05, 0) is 48.8 Å². The number of esters is 2. The van der Waals surface area contributed by atoms with Crippen molar-refractivity contribution < 1.29 is 28.2 Å². The Hall–Kier alpha value is -2.74. The van der Waals surface area contributed by atoms with E-state index in [9.17, 15) is 18.8 Å². The standard InChI is InChI=1S/C19H18FNO5S/c1-2-25-19(24)16-13(11-7-8-11)10-27-17(16)21-15(22)9-26-18(23)12-5-3-4-6-14(12)20/h3-6,10-11H,2,7-9H2,1H3,(H,21,22). The Morgan fingerprint density at radius 1 is 1.19 bits per heavy atom. The minimum Gasteiger partial charge on any atom is -0.462 e. The summed E-state index contributed by atoms with van der Waals surface area (Å²) in [5.74, 6) is -2.45. The lowest BCUT2D eigenvalue weighted by molar-refractivity contribution is -0.119. The van der Waals surface area contributed by atoms with Crippen molar-refractivity contribution in [3.63, 3.8) is 0 Å². The molecule has 1 N–H and O–H groups in total. The first-order valence-corrected chi connectivity index (χ1v) is 9.39. The number of benzene rings is 1. The largest absolute Gasteiger partial charge is 0.462 e. The summed E-state index contributed by atoms with van der Waals surface area (Å²) in [4.78, 5) is 36.3. The molecule has 0 unspecified atom stereocenters. The van der Waals surface area contributed by atoms with E-state index < -0.39 is 30.3 Å². The van der Waals surface area contributed by atoms with Crippen LogP contribution < -0.4 is 5.32 Å². The van der Waals surface area contributed by atoms with Gasteiger partial charge in [0.05, 0.1) is 17.7 Å². The van der Waals surface area contributed by atoms with Crippen molar-refractivity contribution in [1.82, 2.24) is 0 Å². The number of halogens is 1. The lowest BCUT2D eigenvalue weighted by Crippen LogP contribution is -2.22. The summed E-state index contributed by atoms with van der Waals surface area (Å²) in [6.07, 6.45) is 1.99. The molecule has 1 aliphatic carbocycles. The van der Waals surface area contributed by atoms with Crippen molar-refractivity contribution in [2.45, 2.75) is 25.7 Å². The second-order valence-corrected chi connectivity index (χ2v) is 6.87. The Labute approximate surface area is 159 Å². The zero-order valence-electron chi connectivity index (χ0n) is 14.6. The second kappa shape index (κ2) is 8.30. The Bertz CT molecular complexity index is 875. The number of ether oxygens (including phenoxy) is 2. The smallest absolute Gasteiger partial charge is 0.341 e. The van der Waals surface area contributed by atoms with Gasteiger partial charge < -0.3 is 14.8 Å². The number of anilines is 1. The SMILES string of the molecule is CCOC(=O)c1c(C2CC2)csc1NC(=O)COC(=O)c1ccccc1F.